The summed E-state index contributed by atoms with van der Waals surface area (Å²) < 4.78 is 5.10. The molecular formula is C19H20N4O4S. The number of fused-ring (bicyclic) bond motifs is 1. The number of hydrogen-bond acceptors (Lipinski definition) is 6. The molecule has 2 heterocycles. The van der Waals surface area contributed by atoms with Gasteiger partial charge in [-0.15, -0.1) is 11.3 Å². The zero-order valence-electron chi connectivity index (χ0n) is 15.4. The first-order valence-electron chi connectivity index (χ1n) is 9.06. The molecule has 1 fully saturated rings. The standard InChI is InChI=1S/C19H20N4O4S/c1-27-12-7-5-11(6-8-12)10-23-17(25)14(21-19(23)26)9-16(24)22-18-20-13-3-2-4-15(13)28-18/h5-8,14H,2-4,9-10H2,1H3,(H,21,26)(H,20,22,24)/t14-/m0/s1. The molecule has 8 nitrogen and oxygen atoms in total. The zero-order valence-corrected chi connectivity index (χ0v) is 16.2. The van der Waals surface area contributed by atoms with Gasteiger partial charge < -0.3 is 15.4 Å². The Balaban J connectivity index is 1.35. The molecule has 0 saturated carbocycles. The Morgan fingerprint density at radius 3 is 2.82 bits per heavy atom. The van der Waals surface area contributed by atoms with E-state index in [0.29, 0.717) is 10.9 Å². The van der Waals surface area contributed by atoms with Gasteiger partial charge in [0.05, 0.1) is 25.8 Å². The van der Waals surface area contributed by atoms with Crippen molar-refractivity contribution in [3.63, 3.8) is 0 Å². The summed E-state index contributed by atoms with van der Waals surface area (Å²) in [6.45, 7) is 0.145. The van der Waals surface area contributed by atoms with Crippen LogP contribution in [0.3, 0.4) is 0 Å². The van der Waals surface area contributed by atoms with Gasteiger partial charge in [0.25, 0.3) is 5.91 Å². The minimum atomic E-state index is -0.863. The highest BCUT2D eigenvalue weighted by Crippen LogP contribution is 2.30. The molecule has 2 N–H and O–H groups in total. The number of hydrogen-bond donors (Lipinski definition) is 2. The first kappa shape index (κ1) is 18.4. The molecule has 4 rings (SSSR count). The third-order valence-electron chi connectivity index (χ3n) is 4.84. The Morgan fingerprint density at radius 2 is 2.11 bits per heavy atom. The Bertz CT molecular complexity index is 903. The number of imide groups is 1. The van der Waals surface area contributed by atoms with Crippen LogP contribution in [0.15, 0.2) is 24.3 Å². The van der Waals surface area contributed by atoms with Crippen LogP contribution in [-0.2, 0) is 29.0 Å². The lowest BCUT2D eigenvalue weighted by atomic mass is 10.1. The smallest absolute Gasteiger partial charge is 0.325 e. The number of aryl methyl sites for hydroxylation is 2. The number of rotatable bonds is 6. The number of aromatic nitrogens is 1. The van der Waals surface area contributed by atoms with E-state index >= 15 is 0 Å². The van der Waals surface area contributed by atoms with Gasteiger partial charge in [0.1, 0.15) is 11.8 Å². The molecule has 1 aromatic carbocycles. The van der Waals surface area contributed by atoms with Crippen molar-refractivity contribution in [2.75, 3.05) is 12.4 Å². The van der Waals surface area contributed by atoms with Crippen molar-refractivity contribution in [3.05, 3.63) is 40.4 Å². The number of nitrogens with zero attached hydrogens (tertiary/aromatic N) is 2. The van der Waals surface area contributed by atoms with Crippen LogP contribution in [-0.4, -0.2) is 40.9 Å². The second kappa shape index (κ2) is 7.59. The Labute approximate surface area is 165 Å². The number of nitrogens with one attached hydrogen (secondary N) is 2. The van der Waals surface area contributed by atoms with E-state index in [9.17, 15) is 14.4 Å². The Morgan fingerprint density at radius 1 is 1.32 bits per heavy atom. The summed E-state index contributed by atoms with van der Waals surface area (Å²) in [5, 5.41) is 5.89. The zero-order chi connectivity index (χ0) is 19.7. The fraction of sp³-hybridized carbons (Fsp3) is 0.368. The maximum Gasteiger partial charge on any atom is 0.325 e. The van der Waals surface area contributed by atoms with Crippen LogP contribution in [0.2, 0.25) is 0 Å². The molecule has 2 aliphatic rings. The summed E-state index contributed by atoms with van der Waals surface area (Å²) in [6, 6.07) is 5.76. The predicted molar refractivity (Wildman–Crippen MR) is 103 cm³/mol. The highest BCUT2D eigenvalue weighted by atomic mass is 32.1. The van der Waals surface area contributed by atoms with Crippen molar-refractivity contribution < 1.29 is 19.1 Å². The van der Waals surface area contributed by atoms with E-state index in [1.54, 1.807) is 31.4 Å². The second-order valence-corrected chi connectivity index (χ2v) is 7.85. The number of ether oxygens (including phenoxy) is 1. The lowest BCUT2D eigenvalue weighted by Gasteiger charge is -2.13. The number of amides is 4. The summed E-state index contributed by atoms with van der Waals surface area (Å²) in [6.07, 6.45) is 2.93. The maximum absolute atomic E-state index is 12.6. The third kappa shape index (κ3) is 3.70. The molecule has 4 amide bonds. The van der Waals surface area contributed by atoms with E-state index < -0.39 is 18.0 Å². The largest absolute Gasteiger partial charge is 0.497 e. The molecule has 1 aliphatic carbocycles. The lowest BCUT2D eigenvalue weighted by molar-refractivity contribution is -0.130. The summed E-state index contributed by atoms with van der Waals surface area (Å²) in [4.78, 5) is 43.8. The van der Waals surface area contributed by atoms with Gasteiger partial charge in [-0.2, -0.15) is 0 Å². The summed E-state index contributed by atoms with van der Waals surface area (Å²) >= 11 is 1.48. The van der Waals surface area contributed by atoms with E-state index in [2.05, 4.69) is 15.6 Å². The second-order valence-electron chi connectivity index (χ2n) is 6.77. The van der Waals surface area contributed by atoms with E-state index in [-0.39, 0.29) is 18.9 Å². The van der Waals surface area contributed by atoms with Gasteiger partial charge in [-0.1, -0.05) is 12.1 Å². The molecule has 2 aromatic rings. The van der Waals surface area contributed by atoms with Crippen molar-refractivity contribution in [1.82, 2.24) is 15.2 Å². The Kier molecular flexibility index (Phi) is 4.99. The lowest BCUT2D eigenvalue weighted by Crippen LogP contribution is -2.34. The topological polar surface area (TPSA) is 101 Å². The monoisotopic (exact) mass is 400 g/mol. The average molecular weight is 400 g/mol. The number of anilines is 1. The third-order valence-corrected chi connectivity index (χ3v) is 5.91. The molecule has 0 spiro atoms. The van der Waals surface area contributed by atoms with Crippen LogP contribution in [0, 0.1) is 0 Å². The number of methoxy groups -OCH3 is 1. The van der Waals surface area contributed by atoms with Gasteiger partial charge in [-0.25, -0.2) is 9.78 Å². The van der Waals surface area contributed by atoms with E-state index in [0.717, 1.165) is 35.4 Å². The van der Waals surface area contributed by atoms with Crippen LogP contribution in [0.1, 0.15) is 29.0 Å². The van der Waals surface area contributed by atoms with Gasteiger partial charge >= 0.3 is 6.03 Å². The number of urea groups is 1. The van der Waals surface area contributed by atoms with Crippen molar-refractivity contribution in [1.29, 1.82) is 0 Å². The van der Waals surface area contributed by atoms with Crippen LogP contribution >= 0.6 is 11.3 Å². The van der Waals surface area contributed by atoms with Gasteiger partial charge in [0.2, 0.25) is 5.91 Å². The van der Waals surface area contributed by atoms with Gasteiger partial charge in [-0.05, 0) is 37.0 Å². The molecule has 1 saturated heterocycles. The Hall–Kier alpha value is -2.94. The number of carbonyl (C=O) groups excluding carboxylic acids is 3. The SMILES string of the molecule is COc1ccc(CN2C(=O)N[C@@H](CC(=O)Nc3nc4c(s3)CCC4)C2=O)cc1. The van der Waals surface area contributed by atoms with Crippen molar-refractivity contribution in [2.45, 2.75) is 38.3 Å². The summed E-state index contributed by atoms with van der Waals surface area (Å²) in [5.74, 6) is -0.0429. The fourth-order valence-electron chi connectivity index (χ4n) is 3.38. The van der Waals surface area contributed by atoms with Crippen molar-refractivity contribution in [3.8, 4) is 5.75 Å². The molecule has 0 bridgehead atoms. The normalized spacial score (nSPS) is 18.2. The van der Waals surface area contributed by atoms with Crippen LogP contribution < -0.4 is 15.4 Å². The molecule has 28 heavy (non-hydrogen) atoms. The highest BCUT2D eigenvalue weighted by molar-refractivity contribution is 7.15. The number of thiazole rings is 1. The fourth-order valence-corrected chi connectivity index (χ4v) is 4.44. The van der Waals surface area contributed by atoms with Crippen LogP contribution in [0.25, 0.3) is 0 Å². The molecule has 0 unspecified atom stereocenters. The van der Waals surface area contributed by atoms with E-state index in [1.165, 1.54) is 16.2 Å². The number of benzene rings is 1. The average Bonchev–Trinajstić information content (AvgIpc) is 3.33. The first-order valence-corrected chi connectivity index (χ1v) is 9.88. The molecule has 9 heteroatoms. The minimum absolute atomic E-state index is 0.117. The molecule has 1 aromatic heterocycles. The number of carbonyl (C=O) groups is 3. The van der Waals surface area contributed by atoms with Crippen molar-refractivity contribution >= 4 is 34.3 Å². The molecule has 146 valence electrons. The quantitative estimate of drug-likeness (QED) is 0.723. The highest BCUT2D eigenvalue weighted by Gasteiger charge is 2.39. The van der Waals surface area contributed by atoms with Crippen LogP contribution in [0.5, 0.6) is 5.75 Å². The first-order chi connectivity index (χ1) is 13.5. The maximum atomic E-state index is 12.6. The van der Waals surface area contributed by atoms with E-state index in [4.69, 9.17) is 4.74 Å². The van der Waals surface area contributed by atoms with Gasteiger partial charge in [0.15, 0.2) is 5.13 Å². The van der Waals surface area contributed by atoms with E-state index in [1.807, 2.05) is 0 Å². The molecular weight excluding hydrogens is 380 g/mol. The van der Waals surface area contributed by atoms with Crippen molar-refractivity contribution in [2.24, 2.45) is 0 Å². The van der Waals surface area contributed by atoms with Gasteiger partial charge in [0, 0.05) is 4.88 Å². The minimum Gasteiger partial charge on any atom is -0.497 e. The van der Waals surface area contributed by atoms with Crippen LogP contribution in [0.4, 0.5) is 9.93 Å². The molecule has 1 aliphatic heterocycles. The molecule has 1 atom stereocenters. The predicted octanol–water partition coefficient (Wildman–Crippen LogP) is 2.09. The molecule has 0 radical (unpaired) electrons. The van der Waals surface area contributed by atoms with Gasteiger partial charge in [-0.3, -0.25) is 14.5 Å². The summed E-state index contributed by atoms with van der Waals surface area (Å²) in [7, 11) is 1.57. The summed E-state index contributed by atoms with van der Waals surface area (Å²) in [5.41, 5.74) is 1.85.